The average Bonchev–Trinajstić information content (AvgIpc) is 2.93. The van der Waals surface area contributed by atoms with Crippen LogP contribution in [0, 0.1) is 5.41 Å². The van der Waals surface area contributed by atoms with Crippen LogP contribution in [0.15, 0.2) is 54.6 Å². The number of hydrogen-bond donors (Lipinski definition) is 3. The minimum atomic E-state index is 0.00548. The fourth-order valence-electron chi connectivity index (χ4n) is 4.31. The zero-order chi connectivity index (χ0) is 28.6. The van der Waals surface area contributed by atoms with Crippen molar-refractivity contribution in [3.63, 3.8) is 0 Å². The normalized spacial score (nSPS) is 13.1. The number of rotatable bonds is 25. The van der Waals surface area contributed by atoms with Gasteiger partial charge in [-0.05, 0) is 89.7 Å². The van der Waals surface area contributed by atoms with E-state index in [0.717, 1.165) is 84.0 Å². The van der Waals surface area contributed by atoms with Crippen molar-refractivity contribution in [3.8, 4) is 5.75 Å². The van der Waals surface area contributed by atoms with Crippen LogP contribution in [0.1, 0.15) is 78.7 Å². The van der Waals surface area contributed by atoms with E-state index in [2.05, 4.69) is 111 Å². The molecule has 0 aromatic heterocycles. The van der Waals surface area contributed by atoms with Gasteiger partial charge in [-0.2, -0.15) is 0 Å². The molecule has 0 aliphatic rings. The third-order valence-corrected chi connectivity index (χ3v) is 6.90. The molecule has 0 heterocycles. The van der Waals surface area contributed by atoms with E-state index < -0.39 is 0 Å². The van der Waals surface area contributed by atoms with Gasteiger partial charge in [0.05, 0.1) is 6.61 Å². The SMILES string of the molecule is C=CC(C)(/C=C/c1ccc(OCCCCN(CCC)CCNCCNCCNCCC)cc1)CCC=C(C)C. The summed E-state index contributed by atoms with van der Waals surface area (Å²) in [6.07, 6.45) is 15.6. The van der Waals surface area contributed by atoms with Crippen molar-refractivity contribution < 1.29 is 4.74 Å². The van der Waals surface area contributed by atoms with Crippen LogP contribution in [0.5, 0.6) is 5.75 Å². The lowest BCUT2D eigenvalue weighted by Crippen LogP contribution is -2.37. The maximum absolute atomic E-state index is 6.02. The second kappa shape index (κ2) is 22.9. The summed E-state index contributed by atoms with van der Waals surface area (Å²) in [4.78, 5) is 2.58. The third-order valence-electron chi connectivity index (χ3n) is 6.90. The van der Waals surface area contributed by atoms with Gasteiger partial charge in [0.25, 0.3) is 0 Å². The Kier molecular flexibility index (Phi) is 20.6. The molecule has 39 heavy (non-hydrogen) atoms. The minimum Gasteiger partial charge on any atom is -0.494 e. The van der Waals surface area contributed by atoms with E-state index in [1.54, 1.807) is 0 Å². The maximum atomic E-state index is 6.02. The van der Waals surface area contributed by atoms with Gasteiger partial charge in [-0.1, -0.05) is 62.8 Å². The smallest absolute Gasteiger partial charge is 0.119 e. The highest BCUT2D eigenvalue weighted by Crippen LogP contribution is 2.28. The Morgan fingerprint density at radius 3 is 2.15 bits per heavy atom. The Labute approximate surface area is 241 Å². The van der Waals surface area contributed by atoms with Gasteiger partial charge in [0.1, 0.15) is 5.75 Å². The molecular weight excluding hydrogens is 480 g/mol. The summed E-state index contributed by atoms with van der Waals surface area (Å²) in [6.45, 7) is 25.6. The van der Waals surface area contributed by atoms with Gasteiger partial charge >= 0.3 is 0 Å². The molecule has 1 aromatic carbocycles. The van der Waals surface area contributed by atoms with Crippen molar-refractivity contribution in [3.05, 3.63) is 60.2 Å². The van der Waals surface area contributed by atoms with Crippen LogP contribution in [0.25, 0.3) is 6.08 Å². The van der Waals surface area contributed by atoms with Crippen LogP contribution in [0.4, 0.5) is 0 Å². The molecule has 0 saturated heterocycles. The van der Waals surface area contributed by atoms with Gasteiger partial charge in [-0.25, -0.2) is 0 Å². The molecule has 3 N–H and O–H groups in total. The number of allylic oxidation sites excluding steroid dienone is 4. The van der Waals surface area contributed by atoms with Crippen molar-refractivity contribution in [1.82, 2.24) is 20.9 Å². The second-order valence-corrected chi connectivity index (χ2v) is 11.1. The van der Waals surface area contributed by atoms with E-state index in [0.29, 0.717) is 0 Å². The Balaban J connectivity index is 2.24. The van der Waals surface area contributed by atoms with Crippen molar-refractivity contribution in [2.24, 2.45) is 5.41 Å². The van der Waals surface area contributed by atoms with Crippen molar-refractivity contribution >= 4 is 6.08 Å². The highest BCUT2D eigenvalue weighted by molar-refractivity contribution is 5.52. The lowest BCUT2D eigenvalue weighted by molar-refractivity contribution is 0.249. The monoisotopic (exact) mass is 540 g/mol. The lowest BCUT2D eigenvalue weighted by atomic mass is 9.84. The fourth-order valence-corrected chi connectivity index (χ4v) is 4.31. The van der Waals surface area contributed by atoms with E-state index in [9.17, 15) is 0 Å². The Morgan fingerprint density at radius 1 is 0.872 bits per heavy atom. The summed E-state index contributed by atoms with van der Waals surface area (Å²) in [6, 6.07) is 8.44. The number of nitrogens with one attached hydrogen (secondary N) is 3. The quantitative estimate of drug-likeness (QED) is 0.0953. The number of nitrogens with zero attached hydrogens (tertiary/aromatic N) is 1. The number of benzene rings is 1. The van der Waals surface area contributed by atoms with Crippen LogP contribution >= 0.6 is 0 Å². The Bertz CT molecular complexity index is 785. The van der Waals surface area contributed by atoms with Crippen LogP contribution < -0.4 is 20.7 Å². The van der Waals surface area contributed by atoms with Crippen molar-refractivity contribution in [1.29, 1.82) is 0 Å². The fraction of sp³-hybridized carbons (Fsp3) is 0.647. The first kappa shape index (κ1) is 35.1. The van der Waals surface area contributed by atoms with E-state index in [-0.39, 0.29) is 5.41 Å². The molecule has 222 valence electrons. The summed E-state index contributed by atoms with van der Waals surface area (Å²) in [5, 5.41) is 10.5. The molecule has 0 aliphatic carbocycles. The first-order valence-electron chi connectivity index (χ1n) is 15.5. The Morgan fingerprint density at radius 2 is 1.54 bits per heavy atom. The largest absolute Gasteiger partial charge is 0.494 e. The highest BCUT2D eigenvalue weighted by atomic mass is 16.5. The minimum absolute atomic E-state index is 0.00548. The molecule has 1 atom stereocenters. The standard InChI is InChI=1S/C34H60N4O/c1-7-21-35-22-23-36-24-25-37-26-29-38(27-8-2)28-10-11-30-39-33-16-14-32(15-17-33)18-20-34(6,9-3)19-12-13-31(4)5/h9,13-18,20,35-37H,3,7-8,10-12,19,21-30H2,1-2,4-6H3/b20-18+. The second-order valence-electron chi connectivity index (χ2n) is 11.1. The first-order chi connectivity index (χ1) is 18.9. The van der Waals surface area contributed by atoms with Crippen LogP contribution in [-0.4, -0.2) is 70.4 Å². The number of hydrogen-bond acceptors (Lipinski definition) is 5. The summed E-state index contributed by atoms with van der Waals surface area (Å²) in [5.41, 5.74) is 2.57. The summed E-state index contributed by atoms with van der Waals surface area (Å²) in [7, 11) is 0. The predicted octanol–water partition coefficient (Wildman–Crippen LogP) is 6.69. The molecular formula is C34H60N4O. The molecule has 0 bridgehead atoms. The average molecular weight is 541 g/mol. The molecule has 0 radical (unpaired) electrons. The molecule has 5 nitrogen and oxygen atoms in total. The van der Waals surface area contributed by atoms with E-state index >= 15 is 0 Å². The zero-order valence-electron chi connectivity index (χ0n) is 26.0. The molecule has 1 rings (SSSR count). The van der Waals surface area contributed by atoms with E-state index in [4.69, 9.17) is 4.74 Å². The summed E-state index contributed by atoms with van der Waals surface area (Å²) >= 11 is 0. The molecule has 1 aromatic rings. The molecule has 0 amide bonds. The summed E-state index contributed by atoms with van der Waals surface area (Å²) < 4.78 is 6.02. The van der Waals surface area contributed by atoms with Gasteiger partial charge < -0.3 is 25.6 Å². The topological polar surface area (TPSA) is 48.6 Å². The predicted molar refractivity (Wildman–Crippen MR) is 173 cm³/mol. The van der Waals surface area contributed by atoms with Crippen molar-refractivity contribution in [2.75, 3.05) is 65.5 Å². The zero-order valence-corrected chi connectivity index (χ0v) is 26.0. The highest BCUT2D eigenvalue weighted by Gasteiger charge is 2.15. The van der Waals surface area contributed by atoms with Crippen LogP contribution in [0.3, 0.4) is 0 Å². The molecule has 5 heteroatoms. The lowest BCUT2D eigenvalue weighted by Gasteiger charge is -2.22. The number of ether oxygens (including phenoxy) is 1. The van der Waals surface area contributed by atoms with E-state index in [1.165, 1.54) is 36.9 Å². The number of unbranched alkanes of at least 4 members (excludes halogenated alkanes) is 1. The molecule has 0 saturated carbocycles. The van der Waals surface area contributed by atoms with Gasteiger partial charge in [0.15, 0.2) is 0 Å². The maximum Gasteiger partial charge on any atom is 0.119 e. The molecule has 0 aliphatic heterocycles. The molecule has 1 unspecified atom stereocenters. The van der Waals surface area contributed by atoms with Gasteiger partial charge in [-0.15, -0.1) is 6.58 Å². The first-order valence-corrected chi connectivity index (χ1v) is 15.5. The van der Waals surface area contributed by atoms with Gasteiger partial charge in [0, 0.05) is 44.7 Å². The molecule has 0 spiro atoms. The van der Waals surface area contributed by atoms with Crippen molar-refractivity contribution in [2.45, 2.75) is 73.1 Å². The Hall–Kier alpha value is -1.92. The van der Waals surface area contributed by atoms with Crippen LogP contribution in [-0.2, 0) is 0 Å². The van der Waals surface area contributed by atoms with E-state index in [1.807, 2.05) is 0 Å². The molecule has 0 fully saturated rings. The van der Waals surface area contributed by atoms with Crippen LogP contribution in [0.2, 0.25) is 0 Å². The third kappa shape index (κ3) is 18.9. The van der Waals surface area contributed by atoms with Gasteiger partial charge in [-0.3, -0.25) is 0 Å². The van der Waals surface area contributed by atoms with Gasteiger partial charge in [0.2, 0.25) is 0 Å². The summed E-state index contributed by atoms with van der Waals surface area (Å²) in [5.74, 6) is 0.951.